The summed E-state index contributed by atoms with van der Waals surface area (Å²) in [5, 5.41) is 5.65. The van der Waals surface area contributed by atoms with Crippen LogP contribution in [0.2, 0.25) is 0 Å². The summed E-state index contributed by atoms with van der Waals surface area (Å²) < 4.78 is 0. The van der Waals surface area contributed by atoms with Crippen molar-refractivity contribution in [2.75, 3.05) is 7.05 Å². The SMILES string of the molecule is CNC(CCCc1cccs1)Cc1cc(C)ccc1C. The number of aryl methyl sites for hydroxylation is 3. The molecule has 2 heteroatoms. The van der Waals surface area contributed by atoms with Crippen molar-refractivity contribution in [2.45, 2.75) is 45.6 Å². The van der Waals surface area contributed by atoms with Crippen molar-refractivity contribution in [1.82, 2.24) is 5.32 Å². The quantitative estimate of drug-likeness (QED) is 0.789. The Morgan fingerprint density at radius 3 is 2.75 bits per heavy atom. The fourth-order valence-electron chi connectivity index (χ4n) is 2.61. The Kier molecular flexibility index (Phi) is 5.81. The Labute approximate surface area is 127 Å². The Morgan fingerprint density at radius 2 is 2.05 bits per heavy atom. The van der Waals surface area contributed by atoms with Gasteiger partial charge in [-0.05, 0) is 69.2 Å². The fraction of sp³-hybridized carbons (Fsp3) is 0.444. The third-order valence-electron chi connectivity index (χ3n) is 3.94. The summed E-state index contributed by atoms with van der Waals surface area (Å²) in [6.45, 7) is 4.39. The second-order valence-electron chi connectivity index (χ2n) is 5.59. The maximum absolute atomic E-state index is 3.48. The van der Waals surface area contributed by atoms with Crippen molar-refractivity contribution < 1.29 is 0 Å². The van der Waals surface area contributed by atoms with Gasteiger partial charge in [0.2, 0.25) is 0 Å². The average molecular weight is 287 g/mol. The molecule has 1 nitrogen and oxygen atoms in total. The highest BCUT2D eigenvalue weighted by Crippen LogP contribution is 2.17. The molecule has 1 unspecified atom stereocenters. The lowest BCUT2D eigenvalue weighted by atomic mass is 9.96. The van der Waals surface area contributed by atoms with E-state index in [1.807, 2.05) is 11.3 Å². The van der Waals surface area contributed by atoms with Gasteiger partial charge < -0.3 is 5.32 Å². The van der Waals surface area contributed by atoms with E-state index >= 15 is 0 Å². The van der Waals surface area contributed by atoms with E-state index in [9.17, 15) is 0 Å². The van der Waals surface area contributed by atoms with E-state index in [1.165, 1.54) is 40.8 Å². The van der Waals surface area contributed by atoms with Gasteiger partial charge in [-0.25, -0.2) is 0 Å². The highest BCUT2D eigenvalue weighted by Gasteiger charge is 2.09. The highest BCUT2D eigenvalue weighted by molar-refractivity contribution is 7.09. The molecule has 20 heavy (non-hydrogen) atoms. The molecule has 1 heterocycles. The van der Waals surface area contributed by atoms with Crippen LogP contribution in [0.15, 0.2) is 35.7 Å². The van der Waals surface area contributed by atoms with E-state index in [0.717, 1.165) is 6.42 Å². The normalized spacial score (nSPS) is 12.6. The van der Waals surface area contributed by atoms with Crippen molar-refractivity contribution in [1.29, 1.82) is 0 Å². The smallest absolute Gasteiger partial charge is 0.0105 e. The Balaban J connectivity index is 1.86. The summed E-state index contributed by atoms with van der Waals surface area (Å²) in [6.07, 6.45) is 4.84. The molecule has 0 spiro atoms. The zero-order valence-corrected chi connectivity index (χ0v) is 13.6. The number of rotatable bonds is 7. The van der Waals surface area contributed by atoms with E-state index in [4.69, 9.17) is 0 Å². The number of likely N-dealkylation sites (N-methyl/N-ethyl adjacent to an activating group) is 1. The number of nitrogens with one attached hydrogen (secondary N) is 1. The molecule has 0 aliphatic rings. The predicted octanol–water partition coefficient (Wildman–Crippen LogP) is 4.52. The van der Waals surface area contributed by atoms with Crippen LogP contribution in [0.5, 0.6) is 0 Å². The van der Waals surface area contributed by atoms with Crippen LogP contribution in [0, 0.1) is 13.8 Å². The molecule has 0 bridgehead atoms. The third-order valence-corrected chi connectivity index (χ3v) is 4.87. The van der Waals surface area contributed by atoms with Crippen LogP contribution in [0.4, 0.5) is 0 Å². The Hall–Kier alpha value is -1.12. The van der Waals surface area contributed by atoms with Gasteiger partial charge in [0, 0.05) is 10.9 Å². The molecule has 1 aromatic heterocycles. The molecule has 2 aromatic rings. The Bertz CT molecular complexity index is 516. The molecular formula is C18H25NS. The number of hydrogen-bond acceptors (Lipinski definition) is 2. The lowest BCUT2D eigenvalue weighted by Crippen LogP contribution is -2.28. The van der Waals surface area contributed by atoms with E-state index in [1.54, 1.807) is 0 Å². The van der Waals surface area contributed by atoms with E-state index in [2.05, 4.69) is 61.9 Å². The van der Waals surface area contributed by atoms with E-state index < -0.39 is 0 Å². The summed E-state index contributed by atoms with van der Waals surface area (Å²) in [5.41, 5.74) is 4.26. The Morgan fingerprint density at radius 1 is 1.20 bits per heavy atom. The van der Waals surface area contributed by atoms with Crippen molar-refractivity contribution in [2.24, 2.45) is 0 Å². The molecule has 0 saturated heterocycles. The first-order valence-electron chi connectivity index (χ1n) is 7.45. The fourth-order valence-corrected chi connectivity index (χ4v) is 3.36. The lowest BCUT2D eigenvalue weighted by molar-refractivity contribution is 0.502. The van der Waals surface area contributed by atoms with Crippen LogP contribution >= 0.6 is 11.3 Å². The van der Waals surface area contributed by atoms with Crippen LogP contribution in [-0.2, 0) is 12.8 Å². The molecule has 0 amide bonds. The summed E-state index contributed by atoms with van der Waals surface area (Å²) in [5.74, 6) is 0. The predicted molar refractivity (Wildman–Crippen MR) is 89.7 cm³/mol. The van der Waals surface area contributed by atoms with Crippen LogP contribution in [-0.4, -0.2) is 13.1 Å². The van der Waals surface area contributed by atoms with Gasteiger partial charge >= 0.3 is 0 Å². The largest absolute Gasteiger partial charge is 0.317 e. The standard InChI is InChI=1S/C18H25NS/c1-14-9-10-15(2)16(12-14)13-17(19-3)6-4-7-18-8-5-11-20-18/h5,8-12,17,19H,4,6-7,13H2,1-3H3. The van der Waals surface area contributed by atoms with Gasteiger partial charge in [-0.15, -0.1) is 11.3 Å². The minimum Gasteiger partial charge on any atom is -0.317 e. The zero-order chi connectivity index (χ0) is 14.4. The molecule has 0 saturated carbocycles. The van der Waals surface area contributed by atoms with Gasteiger partial charge in [-0.3, -0.25) is 0 Å². The average Bonchev–Trinajstić information content (AvgIpc) is 2.94. The monoisotopic (exact) mass is 287 g/mol. The van der Waals surface area contributed by atoms with Gasteiger partial charge in [-0.1, -0.05) is 29.8 Å². The first-order valence-corrected chi connectivity index (χ1v) is 8.33. The molecule has 1 atom stereocenters. The first kappa shape index (κ1) is 15.3. The molecule has 1 aromatic carbocycles. The van der Waals surface area contributed by atoms with E-state index in [0.29, 0.717) is 6.04 Å². The molecule has 2 rings (SSSR count). The molecule has 0 aliphatic carbocycles. The second kappa shape index (κ2) is 7.61. The summed E-state index contributed by atoms with van der Waals surface area (Å²) in [7, 11) is 2.08. The lowest BCUT2D eigenvalue weighted by Gasteiger charge is -2.18. The number of thiophene rings is 1. The minimum absolute atomic E-state index is 0.579. The van der Waals surface area contributed by atoms with Crippen molar-refractivity contribution in [3.63, 3.8) is 0 Å². The molecule has 1 N–H and O–H groups in total. The summed E-state index contributed by atoms with van der Waals surface area (Å²) in [6, 6.07) is 11.7. The van der Waals surface area contributed by atoms with Gasteiger partial charge in [0.15, 0.2) is 0 Å². The number of hydrogen-bond donors (Lipinski definition) is 1. The van der Waals surface area contributed by atoms with Gasteiger partial charge in [0.05, 0.1) is 0 Å². The molecule has 0 fully saturated rings. The first-order chi connectivity index (χ1) is 9.69. The molecule has 0 radical (unpaired) electrons. The van der Waals surface area contributed by atoms with Crippen LogP contribution < -0.4 is 5.32 Å². The van der Waals surface area contributed by atoms with Crippen LogP contribution in [0.25, 0.3) is 0 Å². The minimum atomic E-state index is 0.579. The topological polar surface area (TPSA) is 12.0 Å². The molecule has 108 valence electrons. The maximum atomic E-state index is 3.48. The highest BCUT2D eigenvalue weighted by atomic mass is 32.1. The third kappa shape index (κ3) is 4.46. The van der Waals surface area contributed by atoms with Crippen molar-refractivity contribution in [3.8, 4) is 0 Å². The van der Waals surface area contributed by atoms with Gasteiger partial charge in [-0.2, -0.15) is 0 Å². The van der Waals surface area contributed by atoms with E-state index in [-0.39, 0.29) is 0 Å². The second-order valence-corrected chi connectivity index (χ2v) is 6.62. The van der Waals surface area contributed by atoms with Crippen molar-refractivity contribution in [3.05, 3.63) is 57.3 Å². The molecule has 0 aliphatic heterocycles. The zero-order valence-electron chi connectivity index (χ0n) is 12.8. The van der Waals surface area contributed by atoms with Gasteiger partial charge in [0.25, 0.3) is 0 Å². The van der Waals surface area contributed by atoms with Crippen molar-refractivity contribution >= 4 is 11.3 Å². The molecular weight excluding hydrogens is 262 g/mol. The van der Waals surface area contributed by atoms with Crippen LogP contribution in [0.3, 0.4) is 0 Å². The number of benzene rings is 1. The summed E-state index contributed by atoms with van der Waals surface area (Å²) >= 11 is 1.87. The van der Waals surface area contributed by atoms with Crippen LogP contribution in [0.1, 0.15) is 34.4 Å². The van der Waals surface area contributed by atoms with Gasteiger partial charge in [0.1, 0.15) is 0 Å². The maximum Gasteiger partial charge on any atom is 0.0105 e. The summed E-state index contributed by atoms with van der Waals surface area (Å²) in [4.78, 5) is 1.51.